The molecule has 1 amide bonds. The summed E-state index contributed by atoms with van der Waals surface area (Å²) in [6.07, 6.45) is 0. The normalized spacial score (nSPS) is 15.2. The summed E-state index contributed by atoms with van der Waals surface area (Å²) in [4.78, 5) is 28.7. The van der Waals surface area contributed by atoms with Gasteiger partial charge in [0.2, 0.25) is 0 Å². The van der Waals surface area contributed by atoms with E-state index < -0.39 is 5.97 Å². The molecule has 4 rings (SSSR count). The van der Waals surface area contributed by atoms with E-state index in [2.05, 4.69) is 17.0 Å². The first-order valence-corrected chi connectivity index (χ1v) is 10.6. The van der Waals surface area contributed by atoms with Crippen LogP contribution < -0.4 is 0 Å². The van der Waals surface area contributed by atoms with Gasteiger partial charge >= 0.3 is 5.97 Å². The molecule has 0 unspecified atom stereocenters. The quantitative estimate of drug-likeness (QED) is 0.568. The van der Waals surface area contributed by atoms with E-state index >= 15 is 0 Å². The van der Waals surface area contributed by atoms with Gasteiger partial charge in [0.15, 0.2) is 0 Å². The number of hydrogen-bond acceptors (Lipinski definition) is 4. The van der Waals surface area contributed by atoms with Crippen LogP contribution in [0.25, 0.3) is 0 Å². The van der Waals surface area contributed by atoms with E-state index in [9.17, 15) is 14.0 Å². The molecule has 3 aromatic rings. The molecule has 0 bridgehead atoms. The van der Waals surface area contributed by atoms with Crippen LogP contribution in [0.4, 0.5) is 4.39 Å². The summed E-state index contributed by atoms with van der Waals surface area (Å²) in [6.45, 7) is 2.57. The smallest absolute Gasteiger partial charge is 0.337 e. The zero-order valence-corrected chi connectivity index (χ0v) is 17.9. The van der Waals surface area contributed by atoms with E-state index in [1.165, 1.54) is 19.2 Å². The summed E-state index contributed by atoms with van der Waals surface area (Å²) >= 11 is 0. The topological polar surface area (TPSA) is 49.9 Å². The van der Waals surface area contributed by atoms with Crippen molar-refractivity contribution in [1.82, 2.24) is 9.80 Å². The van der Waals surface area contributed by atoms with Gasteiger partial charge in [-0.3, -0.25) is 9.69 Å². The lowest BCUT2D eigenvalue weighted by Crippen LogP contribution is -2.49. The summed E-state index contributed by atoms with van der Waals surface area (Å²) < 4.78 is 18.2. The molecule has 1 saturated heterocycles. The number of hydrogen-bond donors (Lipinski definition) is 0. The van der Waals surface area contributed by atoms with Crippen molar-refractivity contribution in [3.8, 4) is 0 Å². The molecule has 3 aromatic carbocycles. The van der Waals surface area contributed by atoms with E-state index in [0.29, 0.717) is 37.3 Å². The van der Waals surface area contributed by atoms with Crippen LogP contribution in [0.2, 0.25) is 0 Å². The lowest BCUT2D eigenvalue weighted by atomic mass is 9.96. The molecule has 0 saturated carbocycles. The van der Waals surface area contributed by atoms with Gasteiger partial charge in [-0.2, -0.15) is 0 Å². The Morgan fingerprint density at radius 1 is 0.781 bits per heavy atom. The second kappa shape index (κ2) is 9.75. The number of nitrogens with zero attached hydrogens (tertiary/aromatic N) is 2. The van der Waals surface area contributed by atoms with E-state index in [4.69, 9.17) is 4.74 Å². The average molecular weight is 432 g/mol. The van der Waals surface area contributed by atoms with Crippen molar-refractivity contribution >= 4 is 11.9 Å². The van der Waals surface area contributed by atoms with E-state index in [-0.39, 0.29) is 17.8 Å². The fraction of sp³-hybridized carbons (Fsp3) is 0.231. The van der Waals surface area contributed by atoms with Crippen molar-refractivity contribution in [3.05, 3.63) is 107 Å². The third-order valence-electron chi connectivity index (χ3n) is 5.82. The second-order valence-electron chi connectivity index (χ2n) is 7.76. The molecular formula is C26H25FN2O3. The summed E-state index contributed by atoms with van der Waals surface area (Å²) in [5.41, 5.74) is 3.12. The molecule has 0 N–H and O–H groups in total. The van der Waals surface area contributed by atoms with Crippen molar-refractivity contribution in [2.75, 3.05) is 33.3 Å². The van der Waals surface area contributed by atoms with Crippen molar-refractivity contribution in [2.24, 2.45) is 0 Å². The van der Waals surface area contributed by atoms with Gasteiger partial charge in [0.25, 0.3) is 5.91 Å². The van der Waals surface area contributed by atoms with E-state index in [0.717, 1.165) is 11.1 Å². The zero-order chi connectivity index (χ0) is 22.5. The molecule has 5 nitrogen and oxygen atoms in total. The first-order valence-electron chi connectivity index (χ1n) is 10.6. The van der Waals surface area contributed by atoms with Crippen molar-refractivity contribution < 1.29 is 18.7 Å². The van der Waals surface area contributed by atoms with Gasteiger partial charge < -0.3 is 9.64 Å². The van der Waals surface area contributed by atoms with Crippen molar-refractivity contribution in [2.45, 2.75) is 6.04 Å². The molecule has 32 heavy (non-hydrogen) atoms. The highest BCUT2D eigenvalue weighted by Crippen LogP contribution is 2.30. The molecular weight excluding hydrogens is 407 g/mol. The van der Waals surface area contributed by atoms with Crippen LogP contribution in [0.3, 0.4) is 0 Å². The van der Waals surface area contributed by atoms with E-state index in [1.54, 1.807) is 24.3 Å². The Balaban J connectivity index is 1.47. The number of rotatable bonds is 5. The van der Waals surface area contributed by atoms with Gasteiger partial charge in [-0.25, -0.2) is 9.18 Å². The average Bonchev–Trinajstić information content (AvgIpc) is 2.85. The standard InChI is InChI=1S/C26H25FN2O3/c1-32-26(31)22-9-7-21(8-10-22)25(30)29-17-15-28(16-18-29)24(19-5-3-2-4-6-19)20-11-13-23(27)14-12-20/h2-14,24H,15-18H2,1H3/t24-/m0/s1. The Kier molecular flexibility index (Phi) is 6.61. The molecule has 0 aliphatic carbocycles. The van der Waals surface area contributed by atoms with Crippen LogP contribution in [0.1, 0.15) is 37.9 Å². The summed E-state index contributed by atoms with van der Waals surface area (Å²) in [5, 5.41) is 0. The summed E-state index contributed by atoms with van der Waals surface area (Å²) in [7, 11) is 1.33. The molecule has 1 aliphatic rings. The van der Waals surface area contributed by atoms with Crippen molar-refractivity contribution in [3.63, 3.8) is 0 Å². The molecule has 0 aromatic heterocycles. The van der Waals surface area contributed by atoms with E-state index in [1.807, 2.05) is 35.2 Å². The zero-order valence-electron chi connectivity index (χ0n) is 17.9. The van der Waals surface area contributed by atoms with Gasteiger partial charge in [0, 0.05) is 31.7 Å². The van der Waals surface area contributed by atoms with Gasteiger partial charge in [0.1, 0.15) is 5.82 Å². The number of ether oxygens (including phenoxy) is 1. The first-order chi connectivity index (χ1) is 15.6. The molecule has 1 fully saturated rings. The lowest BCUT2D eigenvalue weighted by Gasteiger charge is -2.39. The Labute approximate surface area is 187 Å². The number of carbonyl (C=O) groups excluding carboxylic acids is 2. The maximum absolute atomic E-state index is 13.5. The minimum absolute atomic E-state index is 0.00612. The predicted molar refractivity (Wildman–Crippen MR) is 120 cm³/mol. The number of amides is 1. The molecule has 1 atom stereocenters. The highest BCUT2D eigenvalue weighted by molar-refractivity contribution is 5.96. The Bertz CT molecular complexity index is 1060. The molecule has 0 spiro atoms. The monoisotopic (exact) mass is 432 g/mol. The third-order valence-corrected chi connectivity index (χ3v) is 5.82. The second-order valence-corrected chi connectivity index (χ2v) is 7.76. The highest BCUT2D eigenvalue weighted by Gasteiger charge is 2.28. The van der Waals surface area contributed by atoms with Crippen LogP contribution in [0.15, 0.2) is 78.9 Å². The third kappa shape index (κ3) is 4.70. The first kappa shape index (κ1) is 21.7. The fourth-order valence-electron chi connectivity index (χ4n) is 4.13. The minimum atomic E-state index is -0.426. The SMILES string of the molecule is COC(=O)c1ccc(C(=O)N2CCN([C@@H](c3ccccc3)c3ccc(F)cc3)CC2)cc1. The molecule has 1 aliphatic heterocycles. The Hall–Kier alpha value is -3.51. The van der Waals surface area contributed by atoms with Crippen LogP contribution in [-0.2, 0) is 4.74 Å². The van der Waals surface area contributed by atoms with Gasteiger partial charge in [-0.15, -0.1) is 0 Å². The number of esters is 1. The number of piperazine rings is 1. The number of carbonyl (C=O) groups is 2. The van der Waals surface area contributed by atoms with Crippen LogP contribution in [0.5, 0.6) is 0 Å². The molecule has 1 heterocycles. The van der Waals surface area contributed by atoms with Gasteiger partial charge in [-0.05, 0) is 47.5 Å². The van der Waals surface area contributed by atoms with Gasteiger partial charge in [0.05, 0.1) is 18.7 Å². The van der Waals surface area contributed by atoms with Crippen LogP contribution in [0, 0.1) is 5.82 Å². The summed E-state index contributed by atoms with van der Waals surface area (Å²) in [6, 6.07) is 23.3. The molecule has 0 radical (unpaired) electrons. The van der Waals surface area contributed by atoms with Crippen LogP contribution >= 0.6 is 0 Å². The number of halogens is 1. The highest BCUT2D eigenvalue weighted by atomic mass is 19.1. The van der Waals surface area contributed by atoms with Gasteiger partial charge in [-0.1, -0.05) is 42.5 Å². The number of benzene rings is 3. The van der Waals surface area contributed by atoms with Crippen molar-refractivity contribution in [1.29, 1.82) is 0 Å². The van der Waals surface area contributed by atoms with Crippen LogP contribution in [-0.4, -0.2) is 55.0 Å². The predicted octanol–water partition coefficient (Wildman–Crippen LogP) is 4.16. The fourth-order valence-corrected chi connectivity index (χ4v) is 4.13. The Morgan fingerprint density at radius 3 is 1.94 bits per heavy atom. The maximum Gasteiger partial charge on any atom is 0.337 e. The minimum Gasteiger partial charge on any atom is -0.465 e. The Morgan fingerprint density at radius 2 is 1.34 bits per heavy atom. The summed E-state index contributed by atoms with van der Waals surface area (Å²) in [5.74, 6) is -0.737. The molecule has 164 valence electrons. The largest absolute Gasteiger partial charge is 0.465 e. The molecule has 6 heteroatoms. The lowest BCUT2D eigenvalue weighted by molar-refractivity contribution is 0.0587. The maximum atomic E-state index is 13.5. The number of methoxy groups -OCH3 is 1.